The number of nitrogens with zero attached hydrogens (tertiary/aromatic N) is 1. The predicted octanol–water partition coefficient (Wildman–Crippen LogP) is 2.29. The summed E-state index contributed by atoms with van der Waals surface area (Å²) >= 11 is 0. The van der Waals surface area contributed by atoms with Gasteiger partial charge in [-0.3, -0.25) is 4.79 Å². The van der Waals surface area contributed by atoms with Crippen LogP contribution in [-0.4, -0.2) is 22.6 Å². The maximum Gasteiger partial charge on any atom is 0.268 e. The van der Waals surface area contributed by atoms with E-state index in [0.29, 0.717) is 0 Å². The van der Waals surface area contributed by atoms with Crippen molar-refractivity contribution < 1.29 is 4.79 Å². The van der Waals surface area contributed by atoms with Gasteiger partial charge in [0, 0.05) is 24.8 Å². The van der Waals surface area contributed by atoms with Crippen LogP contribution in [0.2, 0.25) is 0 Å². The van der Waals surface area contributed by atoms with Crippen LogP contribution in [-0.2, 0) is 6.54 Å². The molecule has 1 aromatic heterocycles. The second-order valence-corrected chi connectivity index (χ2v) is 5.47. The van der Waals surface area contributed by atoms with Crippen molar-refractivity contribution in [3.63, 3.8) is 0 Å². The Labute approximate surface area is 115 Å². The number of aromatic nitrogens is 1. The summed E-state index contributed by atoms with van der Waals surface area (Å²) in [6, 6.07) is 4.03. The Morgan fingerprint density at radius 2 is 2.21 bits per heavy atom. The summed E-state index contributed by atoms with van der Waals surface area (Å²) in [6.45, 7) is 3.00. The van der Waals surface area contributed by atoms with E-state index >= 15 is 0 Å². The van der Waals surface area contributed by atoms with Crippen LogP contribution in [0, 0.1) is 0 Å². The van der Waals surface area contributed by atoms with E-state index in [1.54, 1.807) is 0 Å². The van der Waals surface area contributed by atoms with Crippen LogP contribution in [0.3, 0.4) is 0 Å². The first-order chi connectivity index (χ1) is 9.22. The standard InChI is InChI=1S/C15H25N3O/c1-2-10-18-11-6-9-14(18)15(19)17-13-8-5-3-4-7-12(13)16/h6,9,11-13H,2-5,7-8,10,16H2,1H3,(H,17,19). The lowest BCUT2D eigenvalue weighted by molar-refractivity contribution is 0.0919. The quantitative estimate of drug-likeness (QED) is 0.819. The number of aryl methyl sites for hydroxylation is 1. The molecule has 0 bridgehead atoms. The minimum absolute atomic E-state index is 0.0146. The van der Waals surface area contributed by atoms with Crippen LogP contribution in [0.15, 0.2) is 18.3 Å². The van der Waals surface area contributed by atoms with Crippen molar-refractivity contribution in [2.45, 2.75) is 64.1 Å². The number of hydrogen-bond donors (Lipinski definition) is 2. The highest BCUT2D eigenvalue weighted by atomic mass is 16.2. The molecule has 1 heterocycles. The number of hydrogen-bond acceptors (Lipinski definition) is 2. The smallest absolute Gasteiger partial charge is 0.268 e. The Morgan fingerprint density at radius 1 is 1.42 bits per heavy atom. The van der Waals surface area contributed by atoms with Crippen LogP contribution in [0.5, 0.6) is 0 Å². The minimum Gasteiger partial charge on any atom is -0.346 e. The highest BCUT2D eigenvalue weighted by molar-refractivity contribution is 5.93. The Morgan fingerprint density at radius 3 is 3.00 bits per heavy atom. The highest BCUT2D eigenvalue weighted by Gasteiger charge is 2.23. The van der Waals surface area contributed by atoms with Gasteiger partial charge in [-0.05, 0) is 31.4 Å². The van der Waals surface area contributed by atoms with E-state index < -0.39 is 0 Å². The third-order valence-electron chi connectivity index (χ3n) is 3.91. The van der Waals surface area contributed by atoms with Crippen molar-refractivity contribution in [2.75, 3.05) is 0 Å². The second kappa shape index (κ2) is 6.75. The lowest BCUT2D eigenvalue weighted by atomic mass is 10.0. The molecule has 1 aromatic rings. The number of rotatable bonds is 4. The summed E-state index contributed by atoms with van der Waals surface area (Å²) in [7, 11) is 0. The summed E-state index contributed by atoms with van der Waals surface area (Å²) < 4.78 is 2.01. The maximum atomic E-state index is 12.3. The summed E-state index contributed by atoms with van der Waals surface area (Å²) in [6.07, 6.45) is 8.58. The molecule has 0 saturated heterocycles. The predicted molar refractivity (Wildman–Crippen MR) is 77.0 cm³/mol. The molecule has 1 aliphatic carbocycles. The van der Waals surface area contributed by atoms with Gasteiger partial charge in [0.15, 0.2) is 0 Å². The molecule has 3 N–H and O–H groups in total. The van der Waals surface area contributed by atoms with E-state index in [9.17, 15) is 4.79 Å². The van der Waals surface area contributed by atoms with E-state index in [4.69, 9.17) is 5.73 Å². The molecule has 0 aliphatic heterocycles. The van der Waals surface area contributed by atoms with Gasteiger partial charge < -0.3 is 15.6 Å². The van der Waals surface area contributed by atoms with Crippen molar-refractivity contribution in [1.82, 2.24) is 9.88 Å². The summed E-state index contributed by atoms with van der Waals surface area (Å²) in [5.74, 6) is 0.0146. The van der Waals surface area contributed by atoms with Crippen molar-refractivity contribution in [3.05, 3.63) is 24.0 Å². The largest absolute Gasteiger partial charge is 0.346 e. The van der Waals surface area contributed by atoms with Gasteiger partial charge >= 0.3 is 0 Å². The maximum absolute atomic E-state index is 12.3. The average Bonchev–Trinajstić information content (AvgIpc) is 2.76. The summed E-state index contributed by atoms with van der Waals surface area (Å²) in [5.41, 5.74) is 6.90. The van der Waals surface area contributed by atoms with Crippen molar-refractivity contribution in [3.8, 4) is 0 Å². The number of nitrogens with two attached hydrogens (primary N) is 1. The first-order valence-corrected chi connectivity index (χ1v) is 7.44. The second-order valence-electron chi connectivity index (χ2n) is 5.47. The van der Waals surface area contributed by atoms with Crippen LogP contribution in [0.25, 0.3) is 0 Å². The molecule has 4 nitrogen and oxygen atoms in total. The van der Waals surface area contributed by atoms with Crippen molar-refractivity contribution in [1.29, 1.82) is 0 Å². The van der Waals surface area contributed by atoms with Gasteiger partial charge in [0.05, 0.1) is 0 Å². The Bertz CT molecular complexity index is 413. The van der Waals surface area contributed by atoms with Crippen molar-refractivity contribution in [2.24, 2.45) is 5.73 Å². The van der Waals surface area contributed by atoms with Gasteiger partial charge in [0.1, 0.15) is 5.69 Å². The SMILES string of the molecule is CCCn1cccc1C(=O)NC1CCCCCC1N. The number of carbonyl (C=O) groups excluding carboxylic acids is 1. The van der Waals surface area contributed by atoms with E-state index in [2.05, 4.69) is 12.2 Å². The molecule has 19 heavy (non-hydrogen) atoms. The fraction of sp³-hybridized carbons (Fsp3) is 0.667. The average molecular weight is 263 g/mol. The number of amides is 1. The topological polar surface area (TPSA) is 60.0 Å². The molecule has 2 rings (SSSR count). The first-order valence-electron chi connectivity index (χ1n) is 7.44. The molecule has 1 aliphatic rings. The van der Waals surface area contributed by atoms with Gasteiger partial charge in [-0.1, -0.05) is 26.2 Å². The molecule has 0 radical (unpaired) electrons. The minimum atomic E-state index is 0.0146. The van der Waals surface area contributed by atoms with Gasteiger partial charge in [-0.25, -0.2) is 0 Å². The molecule has 1 fully saturated rings. The van der Waals surface area contributed by atoms with E-state index in [1.807, 2.05) is 22.9 Å². The van der Waals surface area contributed by atoms with E-state index in [-0.39, 0.29) is 18.0 Å². The third kappa shape index (κ3) is 3.60. The lowest BCUT2D eigenvalue weighted by Crippen LogP contribution is -2.47. The molecule has 1 amide bonds. The fourth-order valence-corrected chi connectivity index (χ4v) is 2.81. The fourth-order valence-electron chi connectivity index (χ4n) is 2.81. The van der Waals surface area contributed by atoms with Crippen LogP contribution < -0.4 is 11.1 Å². The van der Waals surface area contributed by atoms with Gasteiger partial charge in [-0.2, -0.15) is 0 Å². The normalized spacial score (nSPS) is 23.9. The zero-order valence-electron chi connectivity index (χ0n) is 11.8. The third-order valence-corrected chi connectivity index (χ3v) is 3.91. The molecular weight excluding hydrogens is 238 g/mol. The molecule has 0 aromatic carbocycles. The zero-order valence-corrected chi connectivity index (χ0v) is 11.8. The van der Waals surface area contributed by atoms with E-state index in [0.717, 1.165) is 37.9 Å². The molecule has 106 valence electrons. The molecule has 1 saturated carbocycles. The van der Waals surface area contributed by atoms with Gasteiger partial charge in [-0.15, -0.1) is 0 Å². The van der Waals surface area contributed by atoms with Crippen molar-refractivity contribution >= 4 is 5.91 Å². The van der Waals surface area contributed by atoms with Crippen LogP contribution in [0.4, 0.5) is 0 Å². The zero-order chi connectivity index (χ0) is 13.7. The lowest BCUT2D eigenvalue weighted by Gasteiger charge is -2.23. The molecular formula is C15H25N3O. The first kappa shape index (κ1) is 14.1. The molecule has 4 heteroatoms. The Kier molecular flexibility index (Phi) is 5.02. The molecule has 2 atom stereocenters. The Balaban J connectivity index is 2.01. The van der Waals surface area contributed by atoms with E-state index in [1.165, 1.54) is 12.8 Å². The highest BCUT2D eigenvalue weighted by Crippen LogP contribution is 2.17. The van der Waals surface area contributed by atoms with Gasteiger partial charge in [0.2, 0.25) is 0 Å². The summed E-state index contributed by atoms with van der Waals surface area (Å²) in [5, 5.41) is 3.13. The van der Waals surface area contributed by atoms with Gasteiger partial charge in [0.25, 0.3) is 5.91 Å². The number of carbonyl (C=O) groups is 1. The monoisotopic (exact) mass is 263 g/mol. The van der Waals surface area contributed by atoms with Crippen LogP contribution >= 0.6 is 0 Å². The molecule has 2 unspecified atom stereocenters. The Hall–Kier alpha value is -1.29. The summed E-state index contributed by atoms with van der Waals surface area (Å²) in [4.78, 5) is 12.3. The number of nitrogens with one attached hydrogen (secondary N) is 1. The molecule has 0 spiro atoms. The van der Waals surface area contributed by atoms with Crippen LogP contribution in [0.1, 0.15) is 55.9 Å².